The first-order valence-corrected chi connectivity index (χ1v) is 8.83. The van der Waals surface area contributed by atoms with Crippen molar-refractivity contribution < 1.29 is 19.1 Å². The van der Waals surface area contributed by atoms with Gasteiger partial charge in [-0.05, 0) is 42.5 Å². The number of nitrogens with zero attached hydrogens (tertiary/aromatic N) is 1. The molecule has 2 aromatic rings. The summed E-state index contributed by atoms with van der Waals surface area (Å²) in [6, 6.07) is 12.1. The smallest absolute Gasteiger partial charge is 0.257 e. The topological polar surface area (TPSA) is 55.8 Å². The molecule has 0 radical (unpaired) electrons. The molecule has 0 aromatic heterocycles. The molecule has 1 amide bonds. The van der Waals surface area contributed by atoms with Crippen molar-refractivity contribution in [3.8, 4) is 11.5 Å². The number of halogens is 1. The maximum absolute atomic E-state index is 12.8. The highest BCUT2D eigenvalue weighted by atomic mass is 35.5. The normalized spacial score (nSPS) is 14.8. The summed E-state index contributed by atoms with van der Waals surface area (Å²) in [5, 5.41) is 0.533. The van der Waals surface area contributed by atoms with Gasteiger partial charge >= 0.3 is 0 Å². The van der Waals surface area contributed by atoms with Crippen LogP contribution in [-0.2, 0) is 0 Å². The summed E-state index contributed by atoms with van der Waals surface area (Å²) >= 11 is 5.96. The van der Waals surface area contributed by atoms with E-state index in [0.717, 1.165) is 24.9 Å². The number of hydrogen-bond acceptors (Lipinski definition) is 4. The molecular formula is C20H20ClNO4. The summed E-state index contributed by atoms with van der Waals surface area (Å²) in [5.74, 6) is 1.16. The summed E-state index contributed by atoms with van der Waals surface area (Å²) in [6.45, 7) is 1.23. The van der Waals surface area contributed by atoms with Gasteiger partial charge in [-0.25, -0.2) is 0 Å². The lowest BCUT2D eigenvalue weighted by molar-refractivity contribution is 0.0592. The molecule has 136 valence electrons. The van der Waals surface area contributed by atoms with Crippen molar-refractivity contribution in [2.75, 3.05) is 20.2 Å². The van der Waals surface area contributed by atoms with Crippen LogP contribution in [0, 0.1) is 0 Å². The average molecular weight is 374 g/mol. The molecule has 0 atom stereocenters. The molecule has 0 unspecified atom stereocenters. The zero-order valence-electron chi connectivity index (χ0n) is 14.5. The molecule has 1 aliphatic heterocycles. The minimum atomic E-state index is -0.0627. The van der Waals surface area contributed by atoms with Gasteiger partial charge in [-0.15, -0.1) is 0 Å². The first-order chi connectivity index (χ1) is 12.6. The molecule has 0 bridgehead atoms. The highest BCUT2D eigenvalue weighted by molar-refractivity contribution is 6.30. The minimum Gasteiger partial charge on any atom is -0.496 e. The maximum atomic E-state index is 12.8. The molecule has 0 saturated carbocycles. The third-order valence-corrected chi connectivity index (χ3v) is 4.68. The van der Waals surface area contributed by atoms with Gasteiger partial charge in [0.1, 0.15) is 23.9 Å². The number of benzene rings is 2. The Balaban J connectivity index is 1.59. The Bertz CT molecular complexity index is 783. The lowest BCUT2D eigenvalue weighted by Crippen LogP contribution is -2.41. The zero-order valence-corrected chi connectivity index (χ0v) is 15.2. The number of methoxy groups -OCH3 is 1. The van der Waals surface area contributed by atoms with Crippen molar-refractivity contribution in [3.63, 3.8) is 0 Å². The van der Waals surface area contributed by atoms with Gasteiger partial charge in [-0.1, -0.05) is 11.6 Å². The molecule has 0 N–H and O–H groups in total. The second kappa shape index (κ2) is 8.23. The molecule has 26 heavy (non-hydrogen) atoms. The molecule has 1 saturated heterocycles. The fraction of sp³-hybridized carbons (Fsp3) is 0.300. The van der Waals surface area contributed by atoms with Crippen LogP contribution in [0.3, 0.4) is 0 Å². The fourth-order valence-corrected chi connectivity index (χ4v) is 3.17. The van der Waals surface area contributed by atoms with Crippen LogP contribution in [0.5, 0.6) is 11.5 Å². The number of carbonyl (C=O) groups is 2. The molecule has 3 rings (SSSR count). The number of piperidine rings is 1. The van der Waals surface area contributed by atoms with E-state index in [0.29, 0.717) is 35.0 Å². The monoisotopic (exact) mass is 373 g/mol. The highest BCUT2D eigenvalue weighted by Crippen LogP contribution is 2.26. The first-order valence-electron chi connectivity index (χ1n) is 8.45. The molecule has 1 heterocycles. The summed E-state index contributed by atoms with van der Waals surface area (Å²) in [7, 11) is 1.53. The van der Waals surface area contributed by atoms with Crippen LogP contribution < -0.4 is 9.47 Å². The van der Waals surface area contributed by atoms with Gasteiger partial charge in [0.05, 0.1) is 12.7 Å². The number of aldehydes is 1. The second-order valence-electron chi connectivity index (χ2n) is 6.14. The van der Waals surface area contributed by atoms with Gasteiger partial charge < -0.3 is 14.4 Å². The predicted octanol–water partition coefficient (Wildman–Crippen LogP) is 3.84. The van der Waals surface area contributed by atoms with E-state index in [2.05, 4.69) is 0 Å². The SMILES string of the molecule is COc1cc(Cl)ccc1C(=O)N1CCC(Oc2ccc(C=O)cc2)CC1. The third kappa shape index (κ3) is 4.17. The van der Waals surface area contributed by atoms with Crippen molar-refractivity contribution in [3.05, 3.63) is 58.6 Å². The zero-order chi connectivity index (χ0) is 18.5. The quantitative estimate of drug-likeness (QED) is 0.747. The molecule has 6 heteroatoms. The van der Waals surface area contributed by atoms with E-state index in [1.54, 1.807) is 47.4 Å². The molecule has 5 nitrogen and oxygen atoms in total. The molecular weight excluding hydrogens is 354 g/mol. The Morgan fingerprint density at radius 3 is 2.46 bits per heavy atom. The van der Waals surface area contributed by atoms with Gasteiger partial charge in [-0.2, -0.15) is 0 Å². The molecule has 2 aromatic carbocycles. The van der Waals surface area contributed by atoms with Crippen molar-refractivity contribution in [1.29, 1.82) is 0 Å². The molecule has 1 aliphatic rings. The van der Waals surface area contributed by atoms with Crippen molar-refractivity contribution in [1.82, 2.24) is 4.90 Å². The largest absolute Gasteiger partial charge is 0.496 e. The lowest BCUT2D eigenvalue weighted by atomic mass is 10.1. The highest BCUT2D eigenvalue weighted by Gasteiger charge is 2.26. The van der Waals surface area contributed by atoms with Crippen LogP contribution >= 0.6 is 11.6 Å². The van der Waals surface area contributed by atoms with Gasteiger partial charge in [0, 0.05) is 36.5 Å². The van der Waals surface area contributed by atoms with Crippen molar-refractivity contribution in [2.45, 2.75) is 18.9 Å². The predicted molar refractivity (Wildman–Crippen MR) is 99.4 cm³/mol. The van der Waals surface area contributed by atoms with Gasteiger partial charge in [0.2, 0.25) is 0 Å². The second-order valence-corrected chi connectivity index (χ2v) is 6.58. The fourth-order valence-electron chi connectivity index (χ4n) is 3.01. The van der Waals surface area contributed by atoms with Crippen LogP contribution in [-0.4, -0.2) is 43.4 Å². The Labute approximate surface area is 157 Å². The van der Waals surface area contributed by atoms with E-state index in [9.17, 15) is 9.59 Å². The van der Waals surface area contributed by atoms with Crippen LogP contribution in [0.2, 0.25) is 5.02 Å². The van der Waals surface area contributed by atoms with Crippen LogP contribution in [0.4, 0.5) is 0 Å². The van der Waals surface area contributed by atoms with Crippen LogP contribution in [0.15, 0.2) is 42.5 Å². The Kier molecular flexibility index (Phi) is 5.78. The minimum absolute atomic E-state index is 0.0493. The van der Waals surface area contributed by atoms with E-state index in [-0.39, 0.29) is 12.0 Å². The van der Waals surface area contributed by atoms with Gasteiger partial charge in [0.25, 0.3) is 5.91 Å². The number of ether oxygens (including phenoxy) is 2. The Morgan fingerprint density at radius 2 is 1.85 bits per heavy atom. The van der Waals surface area contributed by atoms with E-state index in [4.69, 9.17) is 21.1 Å². The van der Waals surface area contributed by atoms with Gasteiger partial charge in [-0.3, -0.25) is 9.59 Å². The van der Waals surface area contributed by atoms with E-state index < -0.39 is 0 Å². The third-order valence-electron chi connectivity index (χ3n) is 4.44. The molecule has 1 fully saturated rings. The molecule has 0 aliphatic carbocycles. The maximum Gasteiger partial charge on any atom is 0.257 e. The van der Waals surface area contributed by atoms with Crippen molar-refractivity contribution in [2.24, 2.45) is 0 Å². The number of amides is 1. The summed E-state index contributed by atoms with van der Waals surface area (Å²) < 4.78 is 11.2. The number of hydrogen-bond donors (Lipinski definition) is 0. The van der Waals surface area contributed by atoms with E-state index in [1.165, 1.54) is 7.11 Å². The van der Waals surface area contributed by atoms with E-state index in [1.807, 2.05) is 0 Å². The van der Waals surface area contributed by atoms with E-state index >= 15 is 0 Å². The number of likely N-dealkylation sites (tertiary alicyclic amines) is 1. The Hall–Kier alpha value is -2.53. The average Bonchev–Trinajstić information content (AvgIpc) is 2.68. The summed E-state index contributed by atoms with van der Waals surface area (Å²) in [4.78, 5) is 25.3. The number of carbonyl (C=O) groups excluding carboxylic acids is 2. The first kappa shape index (κ1) is 18.3. The number of rotatable bonds is 5. The van der Waals surface area contributed by atoms with Crippen LogP contribution in [0.1, 0.15) is 33.6 Å². The Morgan fingerprint density at radius 1 is 1.15 bits per heavy atom. The molecule has 0 spiro atoms. The van der Waals surface area contributed by atoms with Crippen LogP contribution in [0.25, 0.3) is 0 Å². The lowest BCUT2D eigenvalue weighted by Gasteiger charge is -2.32. The standard InChI is InChI=1S/C20H20ClNO4/c1-25-19-12-15(21)4-7-18(19)20(24)22-10-8-17(9-11-22)26-16-5-2-14(13-23)3-6-16/h2-7,12-13,17H,8-11H2,1H3. The van der Waals surface area contributed by atoms with Crippen molar-refractivity contribution >= 4 is 23.8 Å². The summed E-state index contributed by atoms with van der Waals surface area (Å²) in [6.07, 6.45) is 2.35. The summed E-state index contributed by atoms with van der Waals surface area (Å²) in [5.41, 5.74) is 1.13. The van der Waals surface area contributed by atoms with Gasteiger partial charge in [0.15, 0.2) is 0 Å².